The Hall–Kier alpha value is -5.64. The fourth-order valence-corrected chi connectivity index (χ4v) is 6.58. The van der Waals surface area contributed by atoms with Gasteiger partial charge in [-0.3, -0.25) is 0 Å². The molecule has 284 valence electrons. The summed E-state index contributed by atoms with van der Waals surface area (Å²) in [6.07, 6.45) is -10.3. The third-order valence-electron chi connectivity index (χ3n) is 9.25. The number of fused-ring (bicyclic) bond motifs is 1. The van der Waals surface area contributed by atoms with Gasteiger partial charge in [-0.05, 0) is 41.9 Å². The van der Waals surface area contributed by atoms with E-state index in [0.29, 0.717) is 5.56 Å². The number of esters is 3. The highest BCUT2D eigenvalue weighted by molar-refractivity contribution is 5.91. The Kier molecular flexibility index (Phi) is 12.1. The van der Waals surface area contributed by atoms with E-state index in [1.807, 2.05) is 30.3 Å². The van der Waals surface area contributed by atoms with Crippen molar-refractivity contribution in [3.8, 4) is 0 Å². The lowest BCUT2D eigenvalue weighted by Gasteiger charge is -2.48. The highest BCUT2D eigenvalue weighted by Crippen LogP contribution is 2.39. The van der Waals surface area contributed by atoms with Crippen LogP contribution in [0.15, 0.2) is 126 Å². The molecular formula is C40H37N3O12. The van der Waals surface area contributed by atoms with Crippen LogP contribution in [0, 0.1) is 0 Å². The Balaban J connectivity index is 1.24. The summed E-state index contributed by atoms with van der Waals surface area (Å²) in [6.45, 7) is -0.374. The Labute approximate surface area is 315 Å². The molecule has 3 heterocycles. The first kappa shape index (κ1) is 37.7. The van der Waals surface area contributed by atoms with E-state index in [9.17, 15) is 19.9 Å². The molecule has 15 nitrogen and oxygen atoms in total. The molecule has 0 saturated carbocycles. The molecule has 0 unspecified atom stereocenters. The van der Waals surface area contributed by atoms with E-state index in [2.05, 4.69) is 10.0 Å². The van der Waals surface area contributed by atoms with Crippen molar-refractivity contribution >= 4 is 17.9 Å². The van der Waals surface area contributed by atoms with Crippen LogP contribution in [0.3, 0.4) is 0 Å². The molecule has 4 aromatic rings. The predicted molar refractivity (Wildman–Crippen MR) is 190 cm³/mol. The molecule has 4 aromatic carbocycles. The number of benzene rings is 4. The molecule has 3 fully saturated rings. The maximum atomic E-state index is 13.7. The summed E-state index contributed by atoms with van der Waals surface area (Å²) in [5.41, 5.74) is 11.1. The van der Waals surface area contributed by atoms with Gasteiger partial charge in [0.05, 0.1) is 23.3 Å². The summed E-state index contributed by atoms with van der Waals surface area (Å²) in [4.78, 5) is 43.4. The second-order valence-corrected chi connectivity index (χ2v) is 12.7. The van der Waals surface area contributed by atoms with Crippen LogP contribution in [0.25, 0.3) is 10.4 Å². The Bertz CT molecular complexity index is 1950. The molecule has 0 bridgehead atoms. The van der Waals surface area contributed by atoms with Gasteiger partial charge in [0.15, 0.2) is 31.1 Å². The number of methoxy groups -OCH3 is 1. The highest BCUT2D eigenvalue weighted by Gasteiger charge is 2.56. The van der Waals surface area contributed by atoms with E-state index in [1.54, 1.807) is 91.0 Å². The van der Waals surface area contributed by atoms with E-state index in [0.717, 1.165) is 0 Å². The van der Waals surface area contributed by atoms with Crippen molar-refractivity contribution in [3.63, 3.8) is 0 Å². The molecule has 3 saturated heterocycles. The van der Waals surface area contributed by atoms with Gasteiger partial charge in [0, 0.05) is 17.6 Å². The van der Waals surface area contributed by atoms with Crippen LogP contribution >= 0.6 is 0 Å². The summed E-state index contributed by atoms with van der Waals surface area (Å²) in [5, 5.41) is 3.97. The topological polar surface area (TPSA) is 183 Å². The lowest BCUT2D eigenvalue weighted by molar-refractivity contribution is -0.357. The zero-order chi connectivity index (χ0) is 38.1. The van der Waals surface area contributed by atoms with Gasteiger partial charge in [-0.25, -0.2) is 14.4 Å². The van der Waals surface area contributed by atoms with Crippen molar-refractivity contribution in [1.29, 1.82) is 0 Å². The maximum Gasteiger partial charge on any atom is 0.338 e. The van der Waals surface area contributed by atoms with E-state index in [1.165, 1.54) is 7.11 Å². The highest BCUT2D eigenvalue weighted by atomic mass is 16.8. The molecule has 7 rings (SSSR count). The van der Waals surface area contributed by atoms with Crippen molar-refractivity contribution < 1.29 is 57.0 Å². The van der Waals surface area contributed by atoms with Gasteiger partial charge >= 0.3 is 17.9 Å². The number of hydrogen-bond acceptors (Lipinski definition) is 13. The van der Waals surface area contributed by atoms with Crippen LogP contribution in [0.4, 0.5) is 0 Å². The minimum atomic E-state index is -1.50. The molecule has 0 aromatic heterocycles. The number of carbonyl (C=O) groups excluding carboxylic acids is 3. The Morgan fingerprint density at radius 3 is 1.80 bits per heavy atom. The van der Waals surface area contributed by atoms with E-state index < -0.39 is 86.1 Å². The smallest absolute Gasteiger partial charge is 0.338 e. The average Bonchev–Trinajstić information content (AvgIpc) is 3.55. The van der Waals surface area contributed by atoms with Crippen LogP contribution in [-0.2, 0) is 42.6 Å². The van der Waals surface area contributed by atoms with Crippen molar-refractivity contribution in [3.05, 3.63) is 154 Å². The summed E-state index contributed by atoms with van der Waals surface area (Å²) >= 11 is 0. The minimum Gasteiger partial charge on any atom is -0.459 e. The number of ether oxygens (including phenoxy) is 9. The molecule has 0 radical (unpaired) electrons. The molecule has 0 N–H and O–H groups in total. The SMILES string of the molecule is CO[C@@H]1O[C@@H]2CO[C@@H](c3ccccc3)O[C@H]2[C@H](O[C@@H]2O[C@H](COC(=O)c3ccccc3)[C@@H](OC(=O)c3ccccc3)[C@H]2OC(=O)c2ccccc2)[C@H]1N=[N+]=[N-]. The second-order valence-electron chi connectivity index (χ2n) is 12.7. The van der Waals surface area contributed by atoms with Gasteiger partial charge in [0.2, 0.25) is 0 Å². The lowest BCUT2D eigenvalue weighted by Crippen LogP contribution is -2.63. The number of rotatable bonds is 12. The first-order valence-electron chi connectivity index (χ1n) is 17.5. The van der Waals surface area contributed by atoms with Crippen molar-refractivity contribution in [2.24, 2.45) is 5.11 Å². The third-order valence-corrected chi connectivity index (χ3v) is 9.25. The van der Waals surface area contributed by atoms with E-state index >= 15 is 0 Å². The summed E-state index contributed by atoms with van der Waals surface area (Å²) in [7, 11) is 1.38. The van der Waals surface area contributed by atoms with Crippen LogP contribution < -0.4 is 0 Å². The van der Waals surface area contributed by atoms with E-state index in [4.69, 9.17) is 42.6 Å². The normalized spacial score (nSPS) is 28.5. The number of carbonyl (C=O) groups is 3. The molecule has 15 heteroatoms. The summed E-state index contributed by atoms with van der Waals surface area (Å²) in [6, 6.07) is 32.7. The molecule has 3 aliphatic rings. The molecular weight excluding hydrogens is 714 g/mol. The molecule has 3 aliphatic heterocycles. The van der Waals surface area contributed by atoms with Crippen LogP contribution in [0.1, 0.15) is 42.9 Å². The quantitative estimate of drug-likeness (QED) is 0.0578. The second kappa shape index (κ2) is 17.7. The summed E-state index contributed by atoms with van der Waals surface area (Å²) < 4.78 is 54.9. The van der Waals surface area contributed by atoms with Crippen LogP contribution in [-0.4, -0.2) is 93.5 Å². The molecule has 0 amide bonds. The van der Waals surface area contributed by atoms with Gasteiger partial charge in [-0.1, -0.05) is 90.0 Å². The number of azide groups is 1. The van der Waals surface area contributed by atoms with Gasteiger partial charge in [0.25, 0.3) is 0 Å². The van der Waals surface area contributed by atoms with Crippen molar-refractivity contribution in [2.45, 2.75) is 61.5 Å². The molecule has 0 aliphatic carbocycles. The van der Waals surface area contributed by atoms with Crippen molar-refractivity contribution in [1.82, 2.24) is 0 Å². The first-order chi connectivity index (χ1) is 26.9. The first-order valence-corrected chi connectivity index (χ1v) is 17.5. The van der Waals surface area contributed by atoms with E-state index in [-0.39, 0.29) is 23.3 Å². The molecule has 0 spiro atoms. The lowest BCUT2D eigenvalue weighted by atomic mass is 9.95. The van der Waals surface area contributed by atoms with Gasteiger partial charge in [0.1, 0.15) is 37.1 Å². The van der Waals surface area contributed by atoms with Gasteiger partial charge < -0.3 is 42.6 Å². The standard InChI is InChI=1S/C40H37N3O12/c1-47-39-30(42-43-41)33(31-29(50-39)23-49-38(54-31)27-20-12-5-13-21-27)55-40-34(53-37(46)26-18-10-4-11-19-26)32(52-36(45)25-16-8-3-9-17-25)28(51-40)22-48-35(44)24-14-6-2-7-15-24/h2-21,28-34,38-40H,22-23H2,1H3/t28-,29-,30-,31-,32-,33-,34-,38-,39-,40+/m1/s1. The zero-order valence-electron chi connectivity index (χ0n) is 29.5. The zero-order valence-corrected chi connectivity index (χ0v) is 29.5. The Morgan fingerprint density at radius 1 is 0.691 bits per heavy atom. The predicted octanol–water partition coefficient (Wildman–Crippen LogP) is 5.57. The maximum absolute atomic E-state index is 13.7. The number of nitrogens with zero attached hydrogens (tertiary/aromatic N) is 3. The summed E-state index contributed by atoms with van der Waals surface area (Å²) in [5.74, 6) is -2.20. The monoisotopic (exact) mass is 751 g/mol. The van der Waals surface area contributed by atoms with Crippen molar-refractivity contribution in [2.75, 3.05) is 20.3 Å². The minimum absolute atomic E-state index is 0.0558. The van der Waals surface area contributed by atoms with Crippen LogP contribution in [0.2, 0.25) is 0 Å². The molecule has 55 heavy (non-hydrogen) atoms. The van der Waals surface area contributed by atoms with Gasteiger partial charge in [-0.2, -0.15) is 0 Å². The fraction of sp³-hybridized carbons (Fsp3) is 0.325. The van der Waals surface area contributed by atoms with Crippen LogP contribution in [0.5, 0.6) is 0 Å². The number of hydrogen-bond donors (Lipinski definition) is 0. The molecule has 10 atom stereocenters. The largest absolute Gasteiger partial charge is 0.459 e. The fourth-order valence-electron chi connectivity index (χ4n) is 6.58. The third kappa shape index (κ3) is 8.69. The van der Waals surface area contributed by atoms with Gasteiger partial charge in [-0.15, -0.1) is 0 Å². The Morgan fingerprint density at radius 2 is 1.24 bits per heavy atom. The average molecular weight is 752 g/mol.